The summed E-state index contributed by atoms with van der Waals surface area (Å²) in [7, 11) is 0. The number of hydrogen-bond donors (Lipinski definition) is 2. The molecule has 3 amide bonds. The summed E-state index contributed by atoms with van der Waals surface area (Å²) in [6, 6.07) is -0.380. The number of hydrogen-bond acceptors (Lipinski definition) is 5. The number of urea groups is 1. The predicted octanol–water partition coefficient (Wildman–Crippen LogP) is 0.350. The van der Waals surface area contributed by atoms with Crippen molar-refractivity contribution in [3.63, 3.8) is 0 Å². The van der Waals surface area contributed by atoms with Crippen LogP contribution in [0.3, 0.4) is 0 Å². The first kappa shape index (κ1) is 12.3. The topological polar surface area (TPSA) is 87.2 Å². The normalized spacial score (nSPS) is 14.8. The predicted molar refractivity (Wildman–Crippen MR) is 64.8 cm³/mol. The zero-order chi connectivity index (χ0) is 13.0. The van der Waals surface area contributed by atoms with Crippen molar-refractivity contribution in [2.45, 2.75) is 19.9 Å². The van der Waals surface area contributed by atoms with Crippen LogP contribution in [0.25, 0.3) is 0 Å². The van der Waals surface area contributed by atoms with Gasteiger partial charge in [0.25, 0.3) is 0 Å². The minimum atomic E-state index is -0.380. The van der Waals surface area contributed by atoms with Crippen LogP contribution in [0.1, 0.15) is 19.0 Å². The Balaban J connectivity index is 1.97. The smallest absolute Gasteiger partial charge is 0.324 e. The van der Waals surface area contributed by atoms with Crippen LogP contribution in [0.4, 0.5) is 10.6 Å². The van der Waals surface area contributed by atoms with Gasteiger partial charge in [0.15, 0.2) is 0 Å². The fraction of sp³-hybridized carbons (Fsp3) is 0.455. The van der Waals surface area contributed by atoms with Gasteiger partial charge in [0, 0.05) is 6.54 Å². The molecule has 2 rings (SSSR count). The molecule has 1 aromatic rings. The van der Waals surface area contributed by atoms with Crippen molar-refractivity contribution in [1.29, 1.82) is 0 Å². The maximum absolute atomic E-state index is 11.4. The van der Waals surface area contributed by atoms with E-state index < -0.39 is 0 Å². The van der Waals surface area contributed by atoms with Crippen molar-refractivity contribution in [1.82, 2.24) is 20.2 Å². The molecule has 0 aliphatic carbocycles. The van der Waals surface area contributed by atoms with Crippen molar-refractivity contribution in [3.05, 3.63) is 18.1 Å². The Hall–Kier alpha value is -2.18. The van der Waals surface area contributed by atoms with Gasteiger partial charge in [0.1, 0.15) is 5.82 Å². The van der Waals surface area contributed by atoms with Crippen LogP contribution in [0, 0.1) is 0 Å². The van der Waals surface area contributed by atoms with Gasteiger partial charge >= 0.3 is 6.03 Å². The van der Waals surface area contributed by atoms with Crippen molar-refractivity contribution >= 4 is 17.8 Å². The van der Waals surface area contributed by atoms with Crippen LogP contribution < -0.4 is 10.6 Å². The average molecular weight is 249 g/mol. The summed E-state index contributed by atoms with van der Waals surface area (Å²) < 4.78 is 0. The Kier molecular flexibility index (Phi) is 3.71. The first-order chi connectivity index (χ1) is 8.70. The number of anilines is 1. The lowest BCUT2D eigenvalue weighted by Crippen LogP contribution is -2.30. The highest BCUT2D eigenvalue weighted by Gasteiger charge is 2.28. The van der Waals surface area contributed by atoms with Gasteiger partial charge in [-0.2, -0.15) is 0 Å². The van der Waals surface area contributed by atoms with Crippen LogP contribution >= 0.6 is 0 Å². The fourth-order valence-electron chi connectivity index (χ4n) is 1.56. The zero-order valence-corrected chi connectivity index (χ0v) is 10.1. The number of nitrogens with one attached hydrogen (secondary N) is 2. The van der Waals surface area contributed by atoms with Crippen molar-refractivity contribution in [2.75, 3.05) is 18.4 Å². The number of carbonyl (C=O) groups is 2. The summed E-state index contributed by atoms with van der Waals surface area (Å²) in [5, 5.41) is 5.56. The number of rotatable bonds is 5. The molecule has 0 unspecified atom stereocenters. The Morgan fingerprint density at radius 2 is 2.22 bits per heavy atom. The largest absolute Gasteiger partial charge is 0.369 e. The molecule has 2 heterocycles. The van der Waals surface area contributed by atoms with Gasteiger partial charge in [-0.1, -0.05) is 6.92 Å². The third-order valence-corrected chi connectivity index (χ3v) is 2.52. The molecular formula is C11H15N5O2. The average Bonchev–Trinajstić information content (AvgIpc) is 2.70. The lowest BCUT2D eigenvalue weighted by Gasteiger charge is -2.11. The van der Waals surface area contributed by atoms with Crippen molar-refractivity contribution < 1.29 is 9.59 Å². The van der Waals surface area contributed by atoms with E-state index in [1.165, 1.54) is 0 Å². The Morgan fingerprint density at radius 1 is 1.39 bits per heavy atom. The maximum atomic E-state index is 11.4. The molecule has 1 aromatic heterocycles. The minimum absolute atomic E-state index is 0.0579. The second-order valence-electron chi connectivity index (χ2n) is 3.96. The lowest BCUT2D eigenvalue weighted by atomic mass is 10.4. The van der Waals surface area contributed by atoms with Crippen LogP contribution in [0.15, 0.2) is 12.4 Å². The summed E-state index contributed by atoms with van der Waals surface area (Å²) in [5.41, 5.74) is 0.586. The molecule has 1 saturated heterocycles. The molecule has 2 N–H and O–H groups in total. The zero-order valence-electron chi connectivity index (χ0n) is 10.1. The molecule has 0 atom stereocenters. The first-order valence-electron chi connectivity index (χ1n) is 5.83. The summed E-state index contributed by atoms with van der Waals surface area (Å²) in [6.07, 6.45) is 4.17. The Bertz CT molecular complexity index is 429. The lowest BCUT2D eigenvalue weighted by molar-refractivity contribution is -0.125. The molecule has 0 bridgehead atoms. The van der Waals surface area contributed by atoms with E-state index in [2.05, 4.69) is 27.5 Å². The molecule has 0 radical (unpaired) electrons. The molecule has 0 aromatic carbocycles. The van der Waals surface area contributed by atoms with Gasteiger partial charge in [0.2, 0.25) is 5.91 Å². The maximum Gasteiger partial charge on any atom is 0.324 e. The number of nitrogens with zero attached hydrogens (tertiary/aromatic N) is 3. The third-order valence-electron chi connectivity index (χ3n) is 2.52. The van der Waals surface area contributed by atoms with E-state index in [-0.39, 0.29) is 25.0 Å². The molecule has 1 fully saturated rings. The van der Waals surface area contributed by atoms with E-state index in [9.17, 15) is 9.59 Å². The number of aromatic nitrogens is 2. The van der Waals surface area contributed by atoms with E-state index in [1.54, 1.807) is 12.4 Å². The fourth-order valence-corrected chi connectivity index (χ4v) is 1.56. The van der Waals surface area contributed by atoms with Crippen LogP contribution in [-0.2, 0) is 11.3 Å². The minimum Gasteiger partial charge on any atom is -0.369 e. The van der Waals surface area contributed by atoms with Crippen molar-refractivity contribution in [3.8, 4) is 0 Å². The molecule has 0 spiro atoms. The molecule has 0 saturated carbocycles. The van der Waals surface area contributed by atoms with E-state index >= 15 is 0 Å². The molecule has 7 heteroatoms. The number of amides is 3. The Labute approximate surface area is 105 Å². The first-order valence-corrected chi connectivity index (χ1v) is 5.83. The summed E-state index contributed by atoms with van der Waals surface area (Å²) in [6.45, 7) is 3.11. The summed E-state index contributed by atoms with van der Waals surface area (Å²) in [4.78, 5) is 32.2. The molecule has 18 heavy (non-hydrogen) atoms. The monoisotopic (exact) mass is 249 g/mol. The van der Waals surface area contributed by atoms with E-state index in [4.69, 9.17) is 0 Å². The van der Waals surface area contributed by atoms with Gasteiger partial charge in [-0.3, -0.25) is 14.7 Å². The van der Waals surface area contributed by atoms with Crippen molar-refractivity contribution in [2.24, 2.45) is 0 Å². The third kappa shape index (κ3) is 2.73. The molecule has 1 aliphatic rings. The van der Waals surface area contributed by atoms with E-state index in [0.717, 1.165) is 17.9 Å². The van der Waals surface area contributed by atoms with Gasteiger partial charge in [-0.05, 0) is 6.42 Å². The number of imide groups is 1. The molecule has 96 valence electrons. The van der Waals surface area contributed by atoms with Gasteiger partial charge in [-0.25, -0.2) is 9.78 Å². The van der Waals surface area contributed by atoms with E-state index in [0.29, 0.717) is 11.5 Å². The van der Waals surface area contributed by atoms with E-state index in [1.807, 2.05) is 0 Å². The van der Waals surface area contributed by atoms with Gasteiger partial charge in [-0.15, -0.1) is 0 Å². The molecule has 1 aliphatic heterocycles. The summed E-state index contributed by atoms with van der Waals surface area (Å²) >= 11 is 0. The van der Waals surface area contributed by atoms with Gasteiger partial charge < -0.3 is 10.6 Å². The Morgan fingerprint density at radius 3 is 2.78 bits per heavy atom. The van der Waals surface area contributed by atoms with Gasteiger partial charge in [0.05, 0.1) is 31.2 Å². The van der Waals surface area contributed by atoms with Crippen LogP contribution in [-0.4, -0.2) is 39.9 Å². The highest BCUT2D eigenvalue weighted by Crippen LogP contribution is 2.07. The SMILES string of the molecule is CCCNc1cnc(CN2C(=O)CNC2=O)cn1. The second kappa shape index (κ2) is 5.44. The highest BCUT2D eigenvalue weighted by atomic mass is 16.2. The molecular weight excluding hydrogens is 234 g/mol. The molecule has 7 nitrogen and oxygen atoms in total. The standard InChI is InChI=1S/C11H15N5O2/c1-2-3-12-9-5-13-8(4-14-9)7-16-10(17)6-15-11(16)18/h4-5H,2-3,6-7H2,1H3,(H,12,14)(H,15,18). The second-order valence-corrected chi connectivity index (χ2v) is 3.96. The van der Waals surface area contributed by atoms with Crippen LogP contribution in [0.5, 0.6) is 0 Å². The number of carbonyl (C=O) groups excluding carboxylic acids is 2. The summed E-state index contributed by atoms with van der Waals surface area (Å²) in [5.74, 6) is 0.452. The quantitative estimate of drug-likeness (QED) is 0.735. The highest BCUT2D eigenvalue weighted by molar-refractivity contribution is 6.01. The van der Waals surface area contributed by atoms with Crippen LogP contribution in [0.2, 0.25) is 0 Å².